The molecule has 0 radical (unpaired) electrons. The largest absolute Gasteiger partial charge is 0.490 e. The highest BCUT2D eigenvalue weighted by Gasteiger charge is 2.22. The number of nitrogens with zero attached hydrogens (tertiary/aromatic N) is 2. The van der Waals surface area contributed by atoms with Crippen LogP contribution in [0, 0.1) is 0 Å². The maximum atomic E-state index is 6.10. The molecule has 0 unspecified atom stereocenters. The molecule has 29 heavy (non-hydrogen) atoms. The van der Waals surface area contributed by atoms with Gasteiger partial charge in [-0.25, -0.2) is 0 Å². The van der Waals surface area contributed by atoms with E-state index in [-0.39, 0.29) is 12.2 Å². The molecule has 0 aliphatic carbocycles. The van der Waals surface area contributed by atoms with Crippen LogP contribution in [0.1, 0.15) is 37.8 Å². The Morgan fingerprint density at radius 2 is 1.79 bits per heavy atom. The molecule has 0 saturated carbocycles. The van der Waals surface area contributed by atoms with E-state index in [4.69, 9.17) is 9.47 Å². The van der Waals surface area contributed by atoms with Gasteiger partial charge in [0.25, 0.3) is 0 Å². The minimum Gasteiger partial charge on any atom is -0.490 e. The normalized spacial score (nSPS) is 15.6. The number of aliphatic imine (C=N–C) groups is 1. The van der Waals surface area contributed by atoms with Crippen molar-refractivity contribution in [2.24, 2.45) is 4.99 Å². The van der Waals surface area contributed by atoms with Gasteiger partial charge in [-0.3, -0.25) is 4.99 Å². The molecule has 1 N–H and O–H groups in total. The molecule has 0 atom stereocenters. The fraction of sp³-hybridized carbons (Fsp3) is 0.458. The van der Waals surface area contributed by atoms with Crippen LogP contribution < -0.4 is 10.1 Å². The van der Waals surface area contributed by atoms with Crippen LogP contribution in [0.15, 0.2) is 59.6 Å². The number of para-hydroxylation sites is 1. The topological polar surface area (TPSA) is 46.1 Å². The average Bonchev–Trinajstić information content (AvgIpc) is 2.75. The third-order valence-electron chi connectivity index (χ3n) is 5.02. The van der Waals surface area contributed by atoms with Crippen molar-refractivity contribution in [3.8, 4) is 5.75 Å². The molecule has 2 aromatic carbocycles. The molecule has 156 valence electrons. The lowest BCUT2D eigenvalue weighted by Gasteiger charge is -2.34. The van der Waals surface area contributed by atoms with Crippen molar-refractivity contribution in [2.45, 2.75) is 52.0 Å². The molecule has 0 bridgehead atoms. The van der Waals surface area contributed by atoms with Crippen LogP contribution in [0.2, 0.25) is 0 Å². The van der Waals surface area contributed by atoms with E-state index in [9.17, 15) is 0 Å². The Hall–Kier alpha value is -2.53. The average molecular weight is 396 g/mol. The number of benzene rings is 2. The van der Waals surface area contributed by atoms with Gasteiger partial charge in [-0.15, -0.1) is 0 Å². The number of piperidine rings is 1. The maximum Gasteiger partial charge on any atom is 0.193 e. The summed E-state index contributed by atoms with van der Waals surface area (Å²) in [6.45, 7) is 7.41. The minimum absolute atomic E-state index is 0.240. The first-order valence-corrected chi connectivity index (χ1v) is 10.5. The van der Waals surface area contributed by atoms with Gasteiger partial charge in [-0.1, -0.05) is 42.5 Å². The van der Waals surface area contributed by atoms with Gasteiger partial charge in [0.05, 0.1) is 12.7 Å². The Morgan fingerprint density at radius 3 is 2.48 bits per heavy atom. The van der Waals surface area contributed by atoms with Crippen molar-refractivity contribution < 1.29 is 9.47 Å². The Kier molecular flexibility index (Phi) is 7.94. The molecule has 5 heteroatoms. The fourth-order valence-corrected chi connectivity index (χ4v) is 3.48. The highest BCUT2D eigenvalue weighted by atomic mass is 16.5. The lowest BCUT2D eigenvalue weighted by Crippen LogP contribution is -2.47. The van der Waals surface area contributed by atoms with E-state index >= 15 is 0 Å². The van der Waals surface area contributed by atoms with Gasteiger partial charge in [0, 0.05) is 39.5 Å². The lowest BCUT2D eigenvalue weighted by atomic mass is 10.1. The van der Waals surface area contributed by atoms with Crippen molar-refractivity contribution in [1.82, 2.24) is 10.2 Å². The summed E-state index contributed by atoms with van der Waals surface area (Å²) in [5.41, 5.74) is 2.44. The van der Waals surface area contributed by atoms with Gasteiger partial charge in [-0.2, -0.15) is 0 Å². The van der Waals surface area contributed by atoms with Crippen LogP contribution in [0.25, 0.3) is 0 Å². The van der Waals surface area contributed by atoms with E-state index in [0.29, 0.717) is 6.61 Å². The number of likely N-dealkylation sites (tertiary alicyclic amines) is 1. The highest BCUT2D eigenvalue weighted by molar-refractivity contribution is 5.80. The summed E-state index contributed by atoms with van der Waals surface area (Å²) < 4.78 is 11.8. The third kappa shape index (κ3) is 6.79. The standard InChI is InChI=1S/C24H33N3O2/c1-19(2)28-18-21-9-7-8-20(16-21)17-26-24(25-3)27-14-12-23(13-15-27)29-22-10-5-4-6-11-22/h4-11,16,19,23H,12-15,17-18H2,1-3H3,(H,25,26). The summed E-state index contributed by atoms with van der Waals surface area (Å²) in [5.74, 6) is 1.90. The van der Waals surface area contributed by atoms with Crippen molar-refractivity contribution in [2.75, 3.05) is 20.1 Å². The summed E-state index contributed by atoms with van der Waals surface area (Å²) in [4.78, 5) is 6.80. The smallest absolute Gasteiger partial charge is 0.193 e. The van der Waals surface area contributed by atoms with Crippen LogP contribution in [-0.2, 0) is 17.9 Å². The van der Waals surface area contributed by atoms with Crippen molar-refractivity contribution >= 4 is 5.96 Å². The summed E-state index contributed by atoms with van der Waals surface area (Å²) in [7, 11) is 1.85. The first-order valence-electron chi connectivity index (χ1n) is 10.5. The van der Waals surface area contributed by atoms with E-state index < -0.39 is 0 Å². The van der Waals surface area contributed by atoms with E-state index in [1.54, 1.807) is 0 Å². The Labute approximate surface area is 174 Å². The zero-order chi connectivity index (χ0) is 20.5. The molecule has 2 aromatic rings. The number of nitrogens with one attached hydrogen (secondary N) is 1. The van der Waals surface area contributed by atoms with Gasteiger partial charge in [-0.05, 0) is 37.1 Å². The summed E-state index contributed by atoms with van der Waals surface area (Å²) >= 11 is 0. The van der Waals surface area contributed by atoms with Crippen molar-refractivity contribution in [3.05, 3.63) is 65.7 Å². The zero-order valence-electron chi connectivity index (χ0n) is 17.8. The van der Waals surface area contributed by atoms with Crippen LogP contribution in [0.3, 0.4) is 0 Å². The molecule has 0 aromatic heterocycles. The number of guanidine groups is 1. The molecule has 3 rings (SSSR count). The first-order chi connectivity index (χ1) is 14.1. The number of rotatable bonds is 7. The van der Waals surface area contributed by atoms with Gasteiger partial charge in [0.1, 0.15) is 11.9 Å². The van der Waals surface area contributed by atoms with Crippen LogP contribution in [0.5, 0.6) is 5.75 Å². The van der Waals surface area contributed by atoms with Crippen LogP contribution in [0.4, 0.5) is 0 Å². The molecule has 1 aliphatic heterocycles. The molecule has 5 nitrogen and oxygen atoms in total. The fourth-order valence-electron chi connectivity index (χ4n) is 3.48. The predicted molar refractivity (Wildman–Crippen MR) is 118 cm³/mol. The second-order valence-corrected chi connectivity index (χ2v) is 7.70. The second kappa shape index (κ2) is 10.9. The molecular weight excluding hydrogens is 362 g/mol. The molecule has 0 spiro atoms. The molecule has 0 amide bonds. The van der Waals surface area contributed by atoms with E-state index in [1.165, 1.54) is 11.1 Å². The highest BCUT2D eigenvalue weighted by Crippen LogP contribution is 2.18. The van der Waals surface area contributed by atoms with Crippen molar-refractivity contribution in [1.29, 1.82) is 0 Å². The monoisotopic (exact) mass is 395 g/mol. The second-order valence-electron chi connectivity index (χ2n) is 7.70. The van der Waals surface area contributed by atoms with Gasteiger partial charge >= 0.3 is 0 Å². The summed E-state index contributed by atoms with van der Waals surface area (Å²) in [5, 5.41) is 3.51. The third-order valence-corrected chi connectivity index (χ3v) is 5.02. The van der Waals surface area contributed by atoms with Crippen molar-refractivity contribution in [3.63, 3.8) is 0 Å². The van der Waals surface area contributed by atoms with E-state index in [1.807, 2.05) is 37.4 Å². The molecular formula is C24H33N3O2. The van der Waals surface area contributed by atoms with Crippen LogP contribution in [-0.4, -0.2) is 43.2 Å². The van der Waals surface area contributed by atoms with Gasteiger partial charge < -0.3 is 19.7 Å². The first kappa shape index (κ1) is 21.2. The summed E-state index contributed by atoms with van der Waals surface area (Å²) in [6.07, 6.45) is 2.50. The molecule has 1 fully saturated rings. The number of hydrogen-bond acceptors (Lipinski definition) is 3. The molecule has 1 heterocycles. The van der Waals surface area contributed by atoms with E-state index in [0.717, 1.165) is 44.2 Å². The predicted octanol–water partition coefficient (Wildman–Crippen LogP) is 4.23. The van der Waals surface area contributed by atoms with Gasteiger partial charge in [0.2, 0.25) is 0 Å². The van der Waals surface area contributed by atoms with E-state index in [2.05, 4.69) is 53.3 Å². The Bertz CT molecular complexity index is 769. The number of hydrogen-bond donors (Lipinski definition) is 1. The quantitative estimate of drug-likeness (QED) is 0.563. The number of ether oxygens (including phenoxy) is 2. The SMILES string of the molecule is CN=C(NCc1cccc(COC(C)C)c1)N1CCC(Oc2ccccc2)CC1. The molecule has 1 saturated heterocycles. The Morgan fingerprint density at radius 1 is 1.07 bits per heavy atom. The minimum atomic E-state index is 0.240. The Balaban J connectivity index is 1.47. The lowest BCUT2D eigenvalue weighted by molar-refractivity contribution is 0.0657. The zero-order valence-corrected chi connectivity index (χ0v) is 17.8. The maximum absolute atomic E-state index is 6.10. The molecule has 1 aliphatic rings. The van der Waals surface area contributed by atoms with Crippen LogP contribution >= 0.6 is 0 Å². The summed E-state index contributed by atoms with van der Waals surface area (Å²) in [6, 6.07) is 18.6. The van der Waals surface area contributed by atoms with Gasteiger partial charge in [0.15, 0.2) is 5.96 Å².